The second-order valence-corrected chi connectivity index (χ2v) is 12.0. The largest absolute Gasteiger partial charge is 0.453 e. The molecule has 9 nitrogen and oxygen atoms in total. The van der Waals surface area contributed by atoms with E-state index < -0.39 is 0 Å². The molecule has 3 N–H and O–H groups in total. The smallest absolute Gasteiger partial charge is 0.410 e. The highest BCUT2D eigenvalue weighted by Crippen LogP contribution is 2.36. The summed E-state index contributed by atoms with van der Waals surface area (Å²) in [7, 11) is 1.44. The van der Waals surface area contributed by atoms with Crippen LogP contribution in [0.4, 0.5) is 22.0 Å². The number of carbonyl (C=O) groups is 2. The molecule has 0 bridgehead atoms. The third kappa shape index (κ3) is 6.94. The van der Waals surface area contributed by atoms with Crippen molar-refractivity contribution in [1.29, 1.82) is 0 Å². The van der Waals surface area contributed by atoms with Crippen molar-refractivity contribution in [3.8, 4) is 11.1 Å². The first-order valence-electron chi connectivity index (χ1n) is 15.5. The first-order chi connectivity index (χ1) is 21.0. The fourth-order valence-corrected chi connectivity index (χ4v) is 6.31. The molecule has 3 aliphatic rings. The Morgan fingerprint density at radius 3 is 2.35 bits per heavy atom. The molecule has 3 aromatic rings. The van der Waals surface area contributed by atoms with Crippen molar-refractivity contribution in [3.05, 3.63) is 72.4 Å². The Labute approximate surface area is 254 Å². The van der Waals surface area contributed by atoms with Gasteiger partial charge >= 0.3 is 6.09 Å². The minimum Gasteiger partial charge on any atom is -0.453 e. The number of amides is 2. The summed E-state index contributed by atoms with van der Waals surface area (Å²) in [5.74, 6) is 1.21. The quantitative estimate of drug-likeness (QED) is 0.373. The number of nitrogens with one attached hydrogen (secondary N) is 1. The molecule has 2 amide bonds. The summed E-state index contributed by atoms with van der Waals surface area (Å²) in [5.41, 5.74) is 11.1. The third-order valence-corrected chi connectivity index (χ3v) is 9.00. The Morgan fingerprint density at radius 2 is 1.65 bits per heavy atom. The molecular weight excluding hydrogens is 540 g/mol. The van der Waals surface area contributed by atoms with Gasteiger partial charge in [0.2, 0.25) is 5.91 Å². The van der Waals surface area contributed by atoms with E-state index in [9.17, 15) is 9.59 Å². The molecule has 0 atom stereocenters. The number of carbonyl (C=O) groups excluding carboxylic acids is 2. The number of hydrogen-bond acceptors (Lipinski definition) is 7. The van der Waals surface area contributed by atoms with Crippen molar-refractivity contribution in [1.82, 2.24) is 9.88 Å². The lowest BCUT2D eigenvalue weighted by Gasteiger charge is -2.37. The number of methoxy groups -OCH3 is 1. The van der Waals surface area contributed by atoms with E-state index in [1.807, 2.05) is 29.3 Å². The zero-order valence-electron chi connectivity index (χ0n) is 25.0. The van der Waals surface area contributed by atoms with E-state index in [-0.39, 0.29) is 30.0 Å². The molecule has 0 unspecified atom stereocenters. The van der Waals surface area contributed by atoms with Gasteiger partial charge in [-0.15, -0.1) is 0 Å². The molecule has 1 aliphatic heterocycles. The van der Waals surface area contributed by atoms with Crippen LogP contribution < -0.4 is 20.9 Å². The van der Waals surface area contributed by atoms with Crippen LogP contribution in [0.15, 0.2) is 66.9 Å². The predicted molar refractivity (Wildman–Crippen MR) is 170 cm³/mol. The van der Waals surface area contributed by atoms with Crippen molar-refractivity contribution in [2.45, 2.75) is 57.2 Å². The van der Waals surface area contributed by atoms with Crippen molar-refractivity contribution in [3.63, 3.8) is 0 Å². The predicted octanol–water partition coefficient (Wildman–Crippen LogP) is 5.26. The number of anilines is 3. The summed E-state index contributed by atoms with van der Waals surface area (Å²) >= 11 is 0. The van der Waals surface area contributed by atoms with E-state index in [2.05, 4.69) is 62.6 Å². The molecule has 43 heavy (non-hydrogen) atoms. The van der Waals surface area contributed by atoms with Gasteiger partial charge in [0.15, 0.2) is 0 Å². The summed E-state index contributed by atoms with van der Waals surface area (Å²) in [6.45, 7) is 3.88. The SMILES string of the molecule is COC(=O)N(Cc1cccc(-c2ccc(N3CCN(c4ccccn4)CC3)c(NC(=O)C3CC3)c2)c1)C1CCC(N)CC1. The minimum atomic E-state index is -0.302. The first-order valence-corrected chi connectivity index (χ1v) is 15.5. The van der Waals surface area contributed by atoms with Crippen LogP contribution >= 0.6 is 0 Å². The number of nitrogens with zero attached hydrogens (tertiary/aromatic N) is 4. The molecule has 0 spiro atoms. The maximum absolute atomic E-state index is 12.9. The van der Waals surface area contributed by atoms with Gasteiger partial charge in [-0.1, -0.05) is 30.3 Å². The van der Waals surface area contributed by atoms with Crippen molar-refractivity contribution in [2.75, 3.05) is 48.4 Å². The van der Waals surface area contributed by atoms with Gasteiger partial charge in [0, 0.05) is 56.9 Å². The Balaban J connectivity index is 1.22. The minimum absolute atomic E-state index is 0.0974. The Morgan fingerprint density at radius 1 is 0.907 bits per heavy atom. The van der Waals surface area contributed by atoms with Gasteiger partial charge in [0.25, 0.3) is 0 Å². The number of benzene rings is 2. The first kappa shape index (κ1) is 29.0. The number of rotatable bonds is 8. The fraction of sp³-hybridized carbons (Fsp3) is 0.441. The number of nitrogens with two attached hydrogens (primary N) is 1. The molecule has 1 aromatic heterocycles. The molecule has 2 aliphatic carbocycles. The molecule has 6 rings (SSSR count). The van der Waals surface area contributed by atoms with Crippen molar-refractivity contribution >= 4 is 29.2 Å². The van der Waals surface area contributed by atoms with E-state index in [4.69, 9.17) is 10.5 Å². The Kier molecular flexibility index (Phi) is 8.79. The summed E-state index contributed by atoms with van der Waals surface area (Å²) in [4.78, 5) is 36.7. The Hall–Kier alpha value is -4.11. The van der Waals surface area contributed by atoms with Crippen LogP contribution in [0.2, 0.25) is 0 Å². The third-order valence-electron chi connectivity index (χ3n) is 9.00. The second-order valence-electron chi connectivity index (χ2n) is 12.0. The second kappa shape index (κ2) is 13.0. The van der Waals surface area contributed by atoms with Crippen LogP contribution in [0.25, 0.3) is 11.1 Å². The molecule has 2 aromatic carbocycles. The van der Waals surface area contributed by atoms with Crippen LogP contribution in [0.3, 0.4) is 0 Å². The molecule has 0 radical (unpaired) electrons. The van der Waals surface area contributed by atoms with E-state index >= 15 is 0 Å². The number of hydrogen-bond donors (Lipinski definition) is 2. The van der Waals surface area contributed by atoms with Gasteiger partial charge in [-0.05, 0) is 85.5 Å². The average molecular weight is 583 g/mol. The maximum atomic E-state index is 12.9. The van der Waals surface area contributed by atoms with E-state index in [1.54, 1.807) is 0 Å². The van der Waals surface area contributed by atoms with E-state index in [0.717, 1.165) is 98.6 Å². The Bertz CT molecular complexity index is 1410. The van der Waals surface area contributed by atoms with Crippen LogP contribution in [0.1, 0.15) is 44.1 Å². The van der Waals surface area contributed by atoms with E-state index in [1.165, 1.54) is 7.11 Å². The lowest BCUT2D eigenvalue weighted by atomic mass is 9.90. The number of aromatic nitrogens is 1. The normalized spacial score (nSPS) is 20.4. The van der Waals surface area contributed by atoms with Crippen LogP contribution in [0.5, 0.6) is 0 Å². The highest BCUT2D eigenvalue weighted by molar-refractivity contribution is 5.98. The highest BCUT2D eigenvalue weighted by atomic mass is 16.5. The molecule has 3 fully saturated rings. The molecule has 9 heteroatoms. The number of pyridine rings is 1. The van der Waals surface area contributed by atoms with Gasteiger partial charge in [0.1, 0.15) is 5.82 Å². The molecule has 1 saturated heterocycles. The maximum Gasteiger partial charge on any atom is 0.410 e. The van der Waals surface area contributed by atoms with Crippen molar-refractivity contribution < 1.29 is 14.3 Å². The summed E-state index contributed by atoms with van der Waals surface area (Å²) in [5, 5.41) is 3.25. The molecular formula is C34H42N6O3. The lowest BCUT2D eigenvalue weighted by molar-refractivity contribution is -0.117. The number of piperazine rings is 1. The monoisotopic (exact) mass is 582 g/mol. The topological polar surface area (TPSA) is 104 Å². The van der Waals surface area contributed by atoms with Gasteiger partial charge < -0.3 is 30.5 Å². The average Bonchev–Trinajstić information content (AvgIpc) is 3.91. The molecule has 2 heterocycles. The molecule has 2 saturated carbocycles. The van der Waals surface area contributed by atoms with Gasteiger partial charge in [-0.3, -0.25) is 4.79 Å². The zero-order chi connectivity index (χ0) is 29.8. The van der Waals surface area contributed by atoms with Crippen LogP contribution in [0, 0.1) is 5.92 Å². The number of ether oxygens (including phenoxy) is 1. The van der Waals surface area contributed by atoms with Gasteiger partial charge in [-0.2, -0.15) is 0 Å². The standard InChI is InChI=1S/C34H42N6O3/c1-43-34(42)40(29-13-11-28(35)12-14-29)23-24-5-4-6-26(21-24)27-10-15-31(30(22-27)37-33(41)25-8-9-25)38-17-19-39(20-18-38)32-7-2-3-16-36-32/h2-7,10,15-16,21-22,25,28-29H,8-9,11-14,17-20,23,35H2,1H3,(H,37,41). The van der Waals surface area contributed by atoms with Gasteiger partial charge in [-0.25, -0.2) is 9.78 Å². The summed E-state index contributed by atoms with van der Waals surface area (Å²) < 4.78 is 5.16. The summed E-state index contributed by atoms with van der Waals surface area (Å²) in [6.07, 6.45) is 7.04. The van der Waals surface area contributed by atoms with E-state index in [0.29, 0.717) is 6.54 Å². The lowest BCUT2D eigenvalue weighted by Crippen LogP contribution is -2.47. The molecule has 226 valence electrons. The van der Waals surface area contributed by atoms with Crippen LogP contribution in [-0.2, 0) is 16.1 Å². The summed E-state index contributed by atoms with van der Waals surface area (Å²) in [6, 6.07) is 21.0. The van der Waals surface area contributed by atoms with Gasteiger partial charge in [0.05, 0.1) is 18.5 Å². The fourth-order valence-electron chi connectivity index (χ4n) is 6.31. The van der Waals surface area contributed by atoms with Crippen molar-refractivity contribution in [2.24, 2.45) is 11.7 Å². The highest BCUT2D eigenvalue weighted by Gasteiger charge is 2.31. The zero-order valence-corrected chi connectivity index (χ0v) is 25.0. The van der Waals surface area contributed by atoms with Crippen LogP contribution in [-0.4, -0.2) is 67.3 Å².